The van der Waals surface area contributed by atoms with Gasteiger partial charge in [-0.05, 0) is 19.3 Å². The first kappa shape index (κ1) is 15.7. The highest BCUT2D eigenvalue weighted by Crippen LogP contribution is 2.33. The number of carbonyl (C=O) groups excluding carboxylic acids is 1. The zero-order valence-corrected chi connectivity index (χ0v) is 13.7. The molecule has 1 N–H and O–H groups in total. The largest absolute Gasteiger partial charge is 0.333 e. The van der Waals surface area contributed by atoms with E-state index in [1.54, 1.807) is 28.2 Å². The standard InChI is InChI=1S/C14H19N5O3S/c1-23(21,22)12-8-16-17-14(12)11-4-2-3-6-19(11)13(20)9-18-7-5-15-10-18/h5,7-8,10-11H,2-4,6,9H2,1H3,(H,16,17)/t11-/m1/s1. The predicted octanol–water partition coefficient (Wildman–Crippen LogP) is 0.763. The van der Waals surface area contributed by atoms with E-state index >= 15 is 0 Å². The molecule has 2 aromatic heterocycles. The van der Waals surface area contributed by atoms with Gasteiger partial charge in [0.05, 0.1) is 24.3 Å². The minimum Gasteiger partial charge on any atom is -0.333 e. The molecule has 0 radical (unpaired) electrons. The minimum atomic E-state index is -3.39. The number of H-pyrrole nitrogens is 1. The summed E-state index contributed by atoms with van der Waals surface area (Å²) in [6.07, 6.45) is 10.00. The number of hydrogen-bond donors (Lipinski definition) is 1. The molecule has 2 aromatic rings. The summed E-state index contributed by atoms with van der Waals surface area (Å²) in [4.78, 5) is 18.5. The quantitative estimate of drug-likeness (QED) is 0.888. The molecule has 1 atom stereocenters. The Balaban J connectivity index is 1.87. The molecule has 23 heavy (non-hydrogen) atoms. The fraction of sp³-hybridized carbons (Fsp3) is 0.500. The number of aromatic amines is 1. The van der Waals surface area contributed by atoms with Gasteiger partial charge >= 0.3 is 0 Å². The zero-order chi connectivity index (χ0) is 16.4. The van der Waals surface area contributed by atoms with Gasteiger partial charge in [-0.25, -0.2) is 13.4 Å². The van der Waals surface area contributed by atoms with Crippen molar-refractivity contribution in [2.24, 2.45) is 0 Å². The fourth-order valence-electron chi connectivity index (χ4n) is 2.98. The number of likely N-dealkylation sites (tertiary alicyclic amines) is 1. The van der Waals surface area contributed by atoms with E-state index in [-0.39, 0.29) is 23.4 Å². The molecule has 1 saturated heterocycles. The average Bonchev–Trinajstić information content (AvgIpc) is 3.17. The number of aromatic nitrogens is 4. The van der Waals surface area contributed by atoms with Gasteiger partial charge in [-0.1, -0.05) is 0 Å². The Kier molecular flexibility index (Phi) is 4.20. The number of imidazole rings is 1. The van der Waals surface area contributed by atoms with E-state index in [9.17, 15) is 13.2 Å². The molecular formula is C14H19N5O3S. The van der Waals surface area contributed by atoms with Gasteiger partial charge in [-0.2, -0.15) is 5.10 Å². The van der Waals surface area contributed by atoms with Gasteiger partial charge in [0.15, 0.2) is 9.84 Å². The third kappa shape index (κ3) is 3.29. The molecule has 0 spiro atoms. The van der Waals surface area contributed by atoms with Gasteiger partial charge in [0, 0.05) is 25.2 Å². The molecule has 0 bridgehead atoms. The van der Waals surface area contributed by atoms with Crippen molar-refractivity contribution < 1.29 is 13.2 Å². The second-order valence-corrected chi connectivity index (χ2v) is 7.74. The first-order chi connectivity index (χ1) is 11.0. The van der Waals surface area contributed by atoms with Crippen LogP contribution in [0.3, 0.4) is 0 Å². The van der Waals surface area contributed by atoms with Crippen molar-refractivity contribution in [2.45, 2.75) is 36.7 Å². The number of hydrogen-bond acceptors (Lipinski definition) is 5. The minimum absolute atomic E-state index is 0.0539. The molecule has 8 nitrogen and oxygen atoms in total. The highest BCUT2D eigenvalue weighted by atomic mass is 32.2. The monoisotopic (exact) mass is 337 g/mol. The zero-order valence-electron chi connectivity index (χ0n) is 12.8. The number of amides is 1. The molecule has 0 saturated carbocycles. The number of rotatable bonds is 4. The van der Waals surface area contributed by atoms with Gasteiger partial charge in [0.1, 0.15) is 11.4 Å². The van der Waals surface area contributed by atoms with Gasteiger partial charge in [-0.15, -0.1) is 0 Å². The van der Waals surface area contributed by atoms with Crippen molar-refractivity contribution >= 4 is 15.7 Å². The normalized spacial score (nSPS) is 19.0. The number of carbonyl (C=O) groups is 1. The summed E-state index contributed by atoms with van der Waals surface area (Å²) in [5.41, 5.74) is 0.506. The number of sulfone groups is 1. The third-order valence-electron chi connectivity index (χ3n) is 4.07. The third-order valence-corrected chi connectivity index (χ3v) is 5.19. The van der Waals surface area contributed by atoms with Gasteiger partial charge in [0.25, 0.3) is 0 Å². The maximum absolute atomic E-state index is 12.6. The van der Waals surface area contributed by atoms with Gasteiger partial charge in [0.2, 0.25) is 5.91 Å². The van der Waals surface area contributed by atoms with Gasteiger partial charge < -0.3 is 9.47 Å². The van der Waals surface area contributed by atoms with Crippen molar-refractivity contribution in [3.8, 4) is 0 Å². The first-order valence-corrected chi connectivity index (χ1v) is 9.34. The Morgan fingerprint density at radius 2 is 2.26 bits per heavy atom. The lowest BCUT2D eigenvalue weighted by Crippen LogP contribution is -2.40. The SMILES string of the molecule is CS(=O)(=O)c1cn[nH]c1[C@H]1CCCCN1C(=O)Cn1ccnc1. The Hall–Kier alpha value is -2.16. The van der Waals surface area contributed by atoms with Crippen molar-refractivity contribution in [1.82, 2.24) is 24.6 Å². The Bertz CT molecular complexity index is 781. The predicted molar refractivity (Wildman–Crippen MR) is 82.2 cm³/mol. The van der Waals surface area contributed by atoms with Crippen LogP contribution in [-0.2, 0) is 21.2 Å². The maximum Gasteiger partial charge on any atom is 0.243 e. The van der Waals surface area contributed by atoms with Crippen molar-refractivity contribution in [1.29, 1.82) is 0 Å². The molecule has 1 fully saturated rings. The van der Waals surface area contributed by atoms with Crippen molar-refractivity contribution in [3.63, 3.8) is 0 Å². The molecule has 0 unspecified atom stereocenters. The summed E-state index contributed by atoms with van der Waals surface area (Å²) in [5.74, 6) is -0.0539. The lowest BCUT2D eigenvalue weighted by Gasteiger charge is -2.35. The van der Waals surface area contributed by atoms with Crippen molar-refractivity contribution in [2.75, 3.05) is 12.8 Å². The fourth-order valence-corrected chi connectivity index (χ4v) is 3.80. The van der Waals surface area contributed by atoms with E-state index in [0.717, 1.165) is 25.5 Å². The molecule has 3 rings (SSSR count). The van der Waals surface area contributed by atoms with Crippen LogP contribution in [0.15, 0.2) is 29.8 Å². The molecule has 3 heterocycles. The number of nitrogens with zero attached hydrogens (tertiary/aromatic N) is 4. The van der Waals surface area contributed by atoms with E-state index in [1.807, 2.05) is 0 Å². The van der Waals surface area contributed by atoms with Crippen molar-refractivity contribution in [3.05, 3.63) is 30.6 Å². The Labute approximate surface area is 134 Å². The van der Waals surface area contributed by atoms with E-state index in [4.69, 9.17) is 0 Å². The molecule has 0 aromatic carbocycles. The lowest BCUT2D eigenvalue weighted by molar-refractivity contribution is -0.135. The van der Waals surface area contributed by atoms with Gasteiger partial charge in [-0.3, -0.25) is 9.89 Å². The Morgan fingerprint density at radius 1 is 1.43 bits per heavy atom. The summed E-state index contributed by atoms with van der Waals surface area (Å²) in [7, 11) is -3.39. The number of nitrogens with one attached hydrogen (secondary N) is 1. The highest BCUT2D eigenvalue weighted by molar-refractivity contribution is 7.90. The molecule has 1 aliphatic rings. The summed E-state index contributed by atoms with van der Waals surface area (Å²) >= 11 is 0. The second kappa shape index (κ2) is 6.15. The maximum atomic E-state index is 12.6. The van der Waals surface area contributed by atoms with Crippen LogP contribution in [0.5, 0.6) is 0 Å². The molecule has 1 aliphatic heterocycles. The van der Waals surface area contributed by atoms with Crippen LogP contribution in [0.1, 0.15) is 31.0 Å². The Morgan fingerprint density at radius 3 is 2.96 bits per heavy atom. The average molecular weight is 337 g/mol. The first-order valence-electron chi connectivity index (χ1n) is 7.45. The summed E-state index contributed by atoms with van der Waals surface area (Å²) in [5, 5.41) is 6.66. The second-order valence-electron chi connectivity index (χ2n) is 5.75. The topological polar surface area (TPSA) is 101 Å². The van der Waals surface area contributed by atoms with E-state index in [2.05, 4.69) is 15.2 Å². The van der Waals surface area contributed by atoms with Crippen LogP contribution < -0.4 is 0 Å². The van der Waals surface area contributed by atoms with Crippen LogP contribution in [0.2, 0.25) is 0 Å². The van der Waals surface area contributed by atoms with E-state index < -0.39 is 9.84 Å². The molecule has 1 amide bonds. The molecule has 0 aliphatic carbocycles. The number of piperidine rings is 1. The van der Waals surface area contributed by atoms with Crippen LogP contribution in [0, 0.1) is 0 Å². The summed E-state index contributed by atoms with van der Waals surface area (Å²) in [6, 6.07) is -0.285. The smallest absolute Gasteiger partial charge is 0.243 e. The van der Waals surface area contributed by atoms with E-state index in [0.29, 0.717) is 12.2 Å². The molecule has 9 heteroatoms. The summed E-state index contributed by atoms with van der Waals surface area (Å²) < 4.78 is 25.5. The summed E-state index contributed by atoms with van der Waals surface area (Å²) in [6.45, 7) is 0.805. The van der Waals surface area contributed by atoms with Crippen LogP contribution in [0.4, 0.5) is 0 Å². The molecule has 124 valence electrons. The van der Waals surface area contributed by atoms with E-state index in [1.165, 1.54) is 6.20 Å². The highest BCUT2D eigenvalue weighted by Gasteiger charge is 2.32. The van der Waals surface area contributed by atoms with Crippen LogP contribution in [-0.4, -0.2) is 51.8 Å². The lowest BCUT2D eigenvalue weighted by atomic mass is 9.99. The molecular weight excluding hydrogens is 318 g/mol. The van der Waals surface area contributed by atoms with Crippen LogP contribution in [0.25, 0.3) is 0 Å². The van der Waals surface area contributed by atoms with Crippen LogP contribution >= 0.6 is 0 Å².